The molecule has 1 heterocycles. The lowest BCUT2D eigenvalue weighted by molar-refractivity contribution is -0.117. The van der Waals surface area contributed by atoms with E-state index < -0.39 is 0 Å². The molecule has 0 aliphatic heterocycles. The molecule has 2 amide bonds. The number of aromatic nitrogens is 1. The van der Waals surface area contributed by atoms with Crippen molar-refractivity contribution >= 4 is 38.5 Å². The van der Waals surface area contributed by atoms with Crippen LogP contribution in [0.1, 0.15) is 12.5 Å². The Balaban J connectivity index is 1.96. The Labute approximate surface area is 137 Å². The normalized spacial score (nSPS) is 10.7. The third-order valence-corrected chi connectivity index (χ3v) is 4.24. The number of hydrogen-bond acceptors (Lipinski definition) is 4. The number of amides is 2. The van der Waals surface area contributed by atoms with Crippen LogP contribution in [0.25, 0.3) is 21.3 Å². The van der Waals surface area contributed by atoms with Gasteiger partial charge in [-0.1, -0.05) is 41.7 Å². The second kappa shape index (κ2) is 6.18. The van der Waals surface area contributed by atoms with Crippen molar-refractivity contribution in [3.05, 3.63) is 48.0 Å². The van der Waals surface area contributed by atoms with E-state index in [9.17, 15) is 9.59 Å². The number of primary amides is 1. The topological polar surface area (TPSA) is 85.1 Å². The average molecular weight is 325 g/mol. The fourth-order valence-electron chi connectivity index (χ4n) is 2.37. The maximum Gasteiger partial charge on any atom is 0.223 e. The lowest BCUT2D eigenvalue weighted by Crippen LogP contribution is -2.13. The van der Waals surface area contributed by atoms with Crippen LogP contribution < -0.4 is 11.1 Å². The van der Waals surface area contributed by atoms with Crippen molar-refractivity contribution in [1.29, 1.82) is 0 Å². The molecule has 0 saturated heterocycles. The first-order chi connectivity index (χ1) is 11.0. The Kier molecular flexibility index (Phi) is 4.08. The van der Waals surface area contributed by atoms with E-state index in [1.807, 2.05) is 42.5 Å². The van der Waals surface area contributed by atoms with Crippen molar-refractivity contribution < 1.29 is 9.59 Å². The zero-order valence-corrected chi connectivity index (χ0v) is 13.3. The van der Waals surface area contributed by atoms with Gasteiger partial charge in [-0.15, -0.1) is 0 Å². The number of rotatable bonds is 4. The van der Waals surface area contributed by atoms with Crippen molar-refractivity contribution in [3.63, 3.8) is 0 Å². The van der Waals surface area contributed by atoms with E-state index in [-0.39, 0.29) is 18.2 Å². The first-order valence-corrected chi connectivity index (χ1v) is 7.89. The molecule has 0 unspecified atom stereocenters. The zero-order chi connectivity index (χ0) is 16.4. The van der Waals surface area contributed by atoms with Crippen LogP contribution in [0.3, 0.4) is 0 Å². The van der Waals surface area contributed by atoms with Gasteiger partial charge < -0.3 is 11.1 Å². The number of carbonyl (C=O) groups is 2. The molecule has 2 aromatic carbocycles. The number of anilines is 1. The molecule has 0 radical (unpaired) electrons. The Morgan fingerprint density at radius 2 is 1.96 bits per heavy atom. The highest BCUT2D eigenvalue weighted by atomic mass is 32.1. The van der Waals surface area contributed by atoms with Gasteiger partial charge in [-0.3, -0.25) is 9.59 Å². The minimum atomic E-state index is -0.347. The summed E-state index contributed by atoms with van der Waals surface area (Å²) in [5, 5.41) is 3.29. The van der Waals surface area contributed by atoms with Gasteiger partial charge in [0.25, 0.3) is 0 Å². The predicted octanol–water partition coefficient (Wildman–Crippen LogP) is 2.95. The SMILES string of the molecule is CC(=O)Nc1nc2ccc(-c3cccc(CC(N)=O)c3)cc2s1. The highest BCUT2D eigenvalue weighted by Crippen LogP contribution is 2.30. The average Bonchev–Trinajstić information content (AvgIpc) is 2.87. The predicted molar refractivity (Wildman–Crippen MR) is 92.3 cm³/mol. The lowest BCUT2D eigenvalue weighted by atomic mass is 10.0. The molecule has 0 atom stereocenters. The summed E-state index contributed by atoms with van der Waals surface area (Å²) in [4.78, 5) is 26.6. The van der Waals surface area contributed by atoms with E-state index in [1.54, 1.807) is 0 Å². The van der Waals surface area contributed by atoms with Crippen LogP contribution in [0.2, 0.25) is 0 Å². The van der Waals surface area contributed by atoms with E-state index >= 15 is 0 Å². The number of nitrogens with zero attached hydrogens (tertiary/aromatic N) is 1. The molecule has 116 valence electrons. The van der Waals surface area contributed by atoms with Crippen molar-refractivity contribution in [1.82, 2.24) is 4.98 Å². The third kappa shape index (κ3) is 3.54. The third-order valence-electron chi connectivity index (χ3n) is 3.31. The Hall–Kier alpha value is -2.73. The number of hydrogen-bond donors (Lipinski definition) is 2. The number of fused-ring (bicyclic) bond motifs is 1. The zero-order valence-electron chi connectivity index (χ0n) is 12.5. The van der Waals surface area contributed by atoms with Gasteiger partial charge in [0.15, 0.2) is 5.13 Å². The fraction of sp³-hybridized carbons (Fsp3) is 0.118. The molecule has 5 nitrogen and oxygen atoms in total. The van der Waals surface area contributed by atoms with Crippen LogP contribution in [0.4, 0.5) is 5.13 Å². The monoisotopic (exact) mass is 325 g/mol. The summed E-state index contributed by atoms with van der Waals surface area (Å²) in [6.45, 7) is 1.46. The molecular formula is C17H15N3O2S. The highest BCUT2D eigenvalue weighted by Gasteiger charge is 2.08. The van der Waals surface area contributed by atoms with Gasteiger partial charge in [0.1, 0.15) is 0 Å². The molecule has 0 saturated carbocycles. The van der Waals surface area contributed by atoms with Crippen molar-refractivity contribution in [2.24, 2.45) is 5.73 Å². The minimum absolute atomic E-state index is 0.136. The molecule has 0 spiro atoms. The van der Waals surface area contributed by atoms with Gasteiger partial charge in [0, 0.05) is 6.92 Å². The summed E-state index contributed by atoms with van der Waals surface area (Å²) in [7, 11) is 0. The van der Waals surface area contributed by atoms with Crippen molar-refractivity contribution in [3.8, 4) is 11.1 Å². The quantitative estimate of drug-likeness (QED) is 0.773. The Bertz CT molecular complexity index is 902. The summed E-state index contributed by atoms with van der Waals surface area (Å²) >= 11 is 1.43. The van der Waals surface area contributed by atoms with Crippen LogP contribution in [0.15, 0.2) is 42.5 Å². The maximum absolute atomic E-state index is 11.1. The van der Waals surface area contributed by atoms with Crippen LogP contribution in [-0.2, 0) is 16.0 Å². The second-order valence-electron chi connectivity index (χ2n) is 5.23. The number of nitrogens with one attached hydrogen (secondary N) is 1. The van der Waals surface area contributed by atoms with E-state index in [4.69, 9.17) is 5.73 Å². The molecule has 0 aliphatic rings. The van der Waals surface area contributed by atoms with Gasteiger partial charge in [-0.2, -0.15) is 0 Å². The highest BCUT2D eigenvalue weighted by molar-refractivity contribution is 7.22. The molecule has 0 aliphatic carbocycles. The summed E-state index contributed by atoms with van der Waals surface area (Å²) in [6.07, 6.45) is 0.226. The van der Waals surface area contributed by atoms with Crippen LogP contribution >= 0.6 is 11.3 Å². The molecule has 3 aromatic rings. The van der Waals surface area contributed by atoms with E-state index in [0.29, 0.717) is 5.13 Å². The first kappa shape index (κ1) is 15.2. The molecule has 0 fully saturated rings. The summed E-state index contributed by atoms with van der Waals surface area (Å²) in [5.74, 6) is -0.483. The number of benzene rings is 2. The van der Waals surface area contributed by atoms with Crippen LogP contribution in [0.5, 0.6) is 0 Å². The maximum atomic E-state index is 11.1. The lowest BCUT2D eigenvalue weighted by Gasteiger charge is -2.04. The van der Waals surface area contributed by atoms with Gasteiger partial charge in [-0.25, -0.2) is 4.98 Å². The molecule has 0 bridgehead atoms. The molecule has 6 heteroatoms. The number of thiazole rings is 1. The summed E-state index contributed by atoms with van der Waals surface area (Å²) in [5.41, 5.74) is 9.02. The van der Waals surface area contributed by atoms with Crippen LogP contribution in [0, 0.1) is 0 Å². The molecular weight excluding hydrogens is 310 g/mol. The van der Waals surface area contributed by atoms with E-state index in [1.165, 1.54) is 18.3 Å². The fourth-order valence-corrected chi connectivity index (χ4v) is 3.32. The van der Waals surface area contributed by atoms with Gasteiger partial charge >= 0.3 is 0 Å². The second-order valence-corrected chi connectivity index (χ2v) is 6.26. The Morgan fingerprint density at radius 3 is 2.70 bits per heavy atom. The molecule has 3 rings (SSSR count). The molecule has 3 N–H and O–H groups in total. The van der Waals surface area contributed by atoms with E-state index in [2.05, 4.69) is 10.3 Å². The van der Waals surface area contributed by atoms with E-state index in [0.717, 1.165) is 26.9 Å². The van der Waals surface area contributed by atoms with Crippen LogP contribution in [-0.4, -0.2) is 16.8 Å². The summed E-state index contributed by atoms with van der Waals surface area (Å²) < 4.78 is 0.992. The smallest absolute Gasteiger partial charge is 0.223 e. The van der Waals surface area contributed by atoms with Gasteiger partial charge in [-0.05, 0) is 28.8 Å². The summed E-state index contributed by atoms with van der Waals surface area (Å²) in [6, 6.07) is 13.7. The van der Waals surface area contributed by atoms with Gasteiger partial charge in [0.2, 0.25) is 11.8 Å². The standard InChI is InChI=1S/C17H15N3O2S/c1-10(21)19-17-20-14-6-5-13(9-15(14)23-17)12-4-2-3-11(7-12)8-16(18)22/h2-7,9H,8H2,1H3,(H2,18,22)(H,19,20,21). The largest absolute Gasteiger partial charge is 0.369 e. The number of carbonyl (C=O) groups excluding carboxylic acids is 2. The van der Waals surface area contributed by atoms with Crippen molar-refractivity contribution in [2.75, 3.05) is 5.32 Å². The number of nitrogens with two attached hydrogens (primary N) is 1. The minimum Gasteiger partial charge on any atom is -0.369 e. The Morgan fingerprint density at radius 1 is 1.17 bits per heavy atom. The first-order valence-electron chi connectivity index (χ1n) is 7.07. The molecule has 23 heavy (non-hydrogen) atoms. The van der Waals surface area contributed by atoms with Crippen molar-refractivity contribution in [2.45, 2.75) is 13.3 Å². The van der Waals surface area contributed by atoms with Gasteiger partial charge in [0.05, 0.1) is 16.6 Å². The molecule has 1 aromatic heterocycles.